The fourth-order valence-electron chi connectivity index (χ4n) is 5.64. The number of likely N-dealkylation sites (tertiary alicyclic amines) is 1. The molecule has 5 nitrogen and oxygen atoms in total. The summed E-state index contributed by atoms with van der Waals surface area (Å²) in [6, 6.07) is 1.70. The molecular weight excluding hydrogens is 415 g/mol. The van der Waals surface area contributed by atoms with Gasteiger partial charge in [0, 0.05) is 23.1 Å². The standard InChI is InChI=1S/C21H32F3N3O2S/c1-19(2,3)27-17(12-18(25-27)21(22,23)24)15-4-6-16(7-5-15)26-10-8-20(9-11-26)13-30(28,29)14-20/h12,15-16H,4-11,13-14H2,1-3H3/t15-,16-. The predicted molar refractivity (Wildman–Crippen MR) is 109 cm³/mol. The number of aromatic nitrogens is 2. The second kappa shape index (κ2) is 7.22. The average molecular weight is 448 g/mol. The van der Waals surface area contributed by atoms with Gasteiger partial charge in [0.25, 0.3) is 0 Å². The van der Waals surface area contributed by atoms with Crippen LogP contribution in [0.1, 0.15) is 76.6 Å². The molecule has 0 radical (unpaired) electrons. The molecule has 3 aliphatic rings. The van der Waals surface area contributed by atoms with E-state index in [0.717, 1.165) is 51.6 Å². The Labute approximate surface area is 176 Å². The Morgan fingerprint density at radius 2 is 1.60 bits per heavy atom. The van der Waals surface area contributed by atoms with Gasteiger partial charge in [0.1, 0.15) is 0 Å². The fraction of sp³-hybridized carbons (Fsp3) is 0.857. The smallest absolute Gasteiger partial charge is 0.300 e. The maximum Gasteiger partial charge on any atom is 0.435 e. The van der Waals surface area contributed by atoms with E-state index in [-0.39, 0.29) is 11.3 Å². The minimum Gasteiger partial charge on any atom is -0.300 e. The number of nitrogens with zero attached hydrogens (tertiary/aromatic N) is 3. The molecule has 1 aromatic rings. The molecule has 9 heteroatoms. The summed E-state index contributed by atoms with van der Waals surface area (Å²) in [5, 5.41) is 3.91. The van der Waals surface area contributed by atoms with Crippen molar-refractivity contribution in [3.8, 4) is 0 Å². The molecule has 0 bridgehead atoms. The molecule has 2 saturated heterocycles. The number of hydrogen-bond acceptors (Lipinski definition) is 4. The highest BCUT2D eigenvalue weighted by molar-refractivity contribution is 7.92. The first-order valence-corrected chi connectivity index (χ1v) is 12.7. The monoisotopic (exact) mass is 447 g/mol. The quantitative estimate of drug-likeness (QED) is 0.682. The van der Waals surface area contributed by atoms with Crippen molar-refractivity contribution in [1.82, 2.24) is 14.7 Å². The van der Waals surface area contributed by atoms with E-state index >= 15 is 0 Å². The van der Waals surface area contributed by atoms with Gasteiger partial charge < -0.3 is 4.90 Å². The SMILES string of the molecule is CC(C)(C)n1nc(C(F)(F)F)cc1[C@H]1CC[C@H](N2CCC3(CC2)CS(=O)(=O)C3)CC1. The van der Waals surface area contributed by atoms with Crippen molar-refractivity contribution < 1.29 is 21.6 Å². The van der Waals surface area contributed by atoms with Crippen LogP contribution in [-0.4, -0.2) is 53.7 Å². The Bertz CT molecular complexity index is 872. The minimum absolute atomic E-state index is 0.0136. The summed E-state index contributed by atoms with van der Waals surface area (Å²) in [5.74, 6) is 0.787. The van der Waals surface area contributed by atoms with Crippen molar-refractivity contribution in [2.24, 2.45) is 5.41 Å². The first-order valence-electron chi connectivity index (χ1n) is 10.9. The highest BCUT2D eigenvalue weighted by Crippen LogP contribution is 2.44. The summed E-state index contributed by atoms with van der Waals surface area (Å²) in [7, 11) is -2.80. The van der Waals surface area contributed by atoms with Gasteiger partial charge in [0.05, 0.1) is 17.0 Å². The molecule has 1 saturated carbocycles. The molecule has 1 spiro atoms. The fourth-order valence-corrected chi connectivity index (χ4v) is 8.00. The lowest BCUT2D eigenvalue weighted by molar-refractivity contribution is -0.141. The Morgan fingerprint density at radius 3 is 2.07 bits per heavy atom. The van der Waals surface area contributed by atoms with Gasteiger partial charge >= 0.3 is 6.18 Å². The van der Waals surface area contributed by atoms with Gasteiger partial charge in [-0.15, -0.1) is 0 Å². The van der Waals surface area contributed by atoms with E-state index < -0.39 is 27.2 Å². The van der Waals surface area contributed by atoms with E-state index in [2.05, 4.69) is 10.00 Å². The number of alkyl halides is 3. The van der Waals surface area contributed by atoms with E-state index in [1.54, 1.807) is 4.68 Å². The Kier molecular flexibility index (Phi) is 5.32. The zero-order chi connectivity index (χ0) is 21.9. The number of hydrogen-bond donors (Lipinski definition) is 0. The highest BCUT2D eigenvalue weighted by atomic mass is 32.2. The van der Waals surface area contributed by atoms with Crippen LogP contribution in [-0.2, 0) is 21.6 Å². The van der Waals surface area contributed by atoms with Crippen LogP contribution in [0, 0.1) is 5.41 Å². The summed E-state index contributed by atoms with van der Waals surface area (Å²) in [6.07, 6.45) is 1.11. The summed E-state index contributed by atoms with van der Waals surface area (Å²) >= 11 is 0. The van der Waals surface area contributed by atoms with Crippen LogP contribution in [0.5, 0.6) is 0 Å². The molecule has 1 aliphatic carbocycles. The van der Waals surface area contributed by atoms with Gasteiger partial charge in [-0.25, -0.2) is 8.42 Å². The maximum absolute atomic E-state index is 13.3. The number of sulfone groups is 1. The maximum atomic E-state index is 13.3. The van der Waals surface area contributed by atoms with Crippen molar-refractivity contribution in [2.75, 3.05) is 24.6 Å². The second-order valence-corrected chi connectivity index (χ2v) is 12.7. The molecule has 170 valence electrons. The highest BCUT2D eigenvalue weighted by Gasteiger charge is 2.50. The minimum atomic E-state index is -4.43. The molecule has 0 N–H and O–H groups in total. The van der Waals surface area contributed by atoms with E-state index in [4.69, 9.17) is 0 Å². The van der Waals surface area contributed by atoms with Gasteiger partial charge in [-0.1, -0.05) is 0 Å². The number of halogens is 3. The molecule has 3 fully saturated rings. The predicted octanol–water partition coefficient (Wildman–Crippen LogP) is 4.19. The first-order chi connectivity index (χ1) is 13.8. The van der Waals surface area contributed by atoms with Crippen LogP contribution in [0.15, 0.2) is 6.07 Å². The summed E-state index contributed by atoms with van der Waals surface area (Å²) in [5.41, 5.74) is -0.587. The van der Waals surface area contributed by atoms with Gasteiger partial charge in [-0.2, -0.15) is 18.3 Å². The molecule has 4 rings (SSSR count). The molecule has 0 amide bonds. The average Bonchev–Trinajstić information content (AvgIpc) is 3.07. The van der Waals surface area contributed by atoms with Crippen molar-refractivity contribution in [3.05, 3.63) is 17.5 Å². The van der Waals surface area contributed by atoms with E-state index in [0.29, 0.717) is 23.2 Å². The van der Waals surface area contributed by atoms with Crippen LogP contribution in [0.2, 0.25) is 0 Å². The summed E-state index contributed by atoms with van der Waals surface area (Å²) in [6.45, 7) is 7.53. The third-order valence-electron chi connectivity index (χ3n) is 7.21. The van der Waals surface area contributed by atoms with Crippen molar-refractivity contribution >= 4 is 9.84 Å². The molecular formula is C21H32F3N3O2S. The van der Waals surface area contributed by atoms with Crippen LogP contribution >= 0.6 is 0 Å². The largest absolute Gasteiger partial charge is 0.435 e. The molecule has 0 atom stereocenters. The third kappa shape index (κ3) is 4.29. The topological polar surface area (TPSA) is 55.2 Å². The second-order valence-electron chi connectivity index (χ2n) is 10.6. The lowest BCUT2D eigenvalue weighted by Gasteiger charge is -2.49. The van der Waals surface area contributed by atoms with Crippen molar-refractivity contribution in [1.29, 1.82) is 0 Å². The summed E-state index contributed by atoms with van der Waals surface area (Å²) < 4.78 is 64.5. The molecule has 30 heavy (non-hydrogen) atoms. The zero-order valence-corrected chi connectivity index (χ0v) is 18.8. The molecule has 0 unspecified atom stereocenters. The number of piperidine rings is 1. The lowest BCUT2D eigenvalue weighted by atomic mass is 9.78. The van der Waals surface area contributed by atoms with E-state index in [1.807, 2.05) is 20.8 Å². The first kappa shape index (κ1) is 22.1. The third-order valence-corrected chi connectivity index (χ3v) is 9.31. The van der Waals surface area contributed by atoms with Gasteiger partial charge in [-0.05, 0) is 78.5 Å². The van der Waals surface area contributed by atoms with Crippen LogP contribution in [0.25, 0.3) is 0 Å². The van der Waals surface area contributed by atoms with E-state index in [1.165, 1.54) is 6.07 Å². The summed E-state index contributed by atoms with van der Waals surface area (Å²) in [4.78, 5) is 2.48. The Hall–Kier alpha value is -1.09. The van der Waals surface area contributed by atoms with Crippen LogP contribution in [0.4, 0.5) is 13.2 Å². The van der Waals surface area contributed by atoms with Crippen molar-refractivity contribution in [3.63, 3.8) is 0 Å². The van der Waals surface area contributed by atoms with E-state index in [9.17, 15) is 21.6 Å². The molecule has 2 aliphatic heterocycles. The molecule has 0 aromatic carbocycles. The lowest BCUT2D eigenvalue weighted by Crippen LogP contribution is -2.56. The van der Waals surface area contributed by atoms with Gasteiger partial charge in [0.2, 0.25) is 0 Å². The van der Waals surface area contributed by atoms with Crippen LogP contribution < -0.4 is 0 Å². The van der Waals surface area contributed by atoms with Crippen molar-refractivity contribution in [2.45, 2.75) is 83.0 Å². The molecule has 1 aromatic heterocycles. The van der Waals surface area contributed by atoms with Crippen LogP contribution in [0.3, 0.4) is 0 Å². The van der Waals surface area contributed by atoms with Gasteiger partial charge in [0.15, 0.2) is 15.5 Å². The normalized spacial score (nSPS) is 29.7. The molecule has 3 heterocycles. The zero-order valence-electron chi connectivity index (χ0n) is 18.0. The van der Waals surface area contributed by atoms with Gasteiger partial charge in [-0.3, -0.25) is 4.68 Å². The number of rotatable bonds is 2. The Morgan fingerprint density at radius 1 is 1.03 bits per heavy atom. The Balaban J connectivity index is 1.39.